The van der Waals surface area contributed by atoms with Gasteiger partial charge in [0, 0.05) is 17.2 Å². The second kappa shape index (κ2) is 5.80. The molecule has 0 heterocycles. The SMILES string of the molecule is COc1cc(O)c(F)cc1OCc1ccc(Cl)cc1. The van der Waals surface area contributed by atoms with Gasteiger partial charge in [0.2, 0.25) is 0 Å². The number of rotatable bonds is 4. The van der Waals surface area contributed by atoms with E-state index in [1.807, 2.05) is 12.1 Å². The van der Waals surface area contributed by atoms with Gasteiger partial charge in [-0.1, -0.05) is 23.7 Å². The molecule has 0 aliphatic carbocycles. The second-order valence-corrected chi connectivity index (χ2v) is 4.31. The fourth-order valence-corrected chi connectivity index (χ4v) is 1.66. The Morgan fingerprint density at radius 2 is 1.84 bits per heavy atom. The van der Waals surface area contributed by atoms with Crippen molar-refractivity contribution in [2.45, 2.75) is 6.61 Å². The molecule has 5 heteroatoms. The van der Waals surface area contributed by atoms with Gasteiger partial charge in [0.25, 0.3) is 0 Å². The quantitative estimate of drug-likeness (QED) is 0.928. The van der Waals surface area contributed by atoms with Crippen molar-refractivity contribution in [2.24, 2.45) is 0 Å². The van der Waals surface area contributed by atoms with Crippen molar-refractivity contribution in [3.8, 4) is 17.2 Å². The molecule has 0 saturated heterocycles. The molecule has 0 spiro atoms. The molecular formula is C14H12ClFO3. The van der Waals surface area contributed by atoms with E-state index in [0.717, 1.165) is 11.6 Å². The van der Waals surface area contributed by atoms with Gasteiger partial charge in [-0.05, 0) is 17.7 Å². The Bertz CT molecular complexity index is 570. The maximum Gasteiger partial charge on any atom is 0.168 e. The molecule has 2 rings (SSSR count). The molecule has 0 amide bonds. The molecule has 0 atom stereocenters. The Morgan fingerprint density at radius 3 is 2.47 bits per heavy atom. The van der Waals surface area contributed by atoms with Crippen molar-refractivity contribution >= 4 is 11.6 Å². The van der Waals surface area contributed by atoms with Crippen molar-refractivity contribution in [1.82, 2.24) is 0 Å². The number of benzene rings is 2. The lowest BCUT2D eigenvalue weighted by atomic mass is 10.2. The van der Waals surface area contributed by atoms with Crippen LogP contribution in [0.1, 0.15) is 5.56 Å². The number of phenols is 1. The van der Waals surface area contributed by atoms with Gasteiger partial charge in [-0.15, -0.1) is 0 Å². The van der Waals surface area contributed by atoms with Gasteiger partial charge >= 0.3 is 0 Å². The fraction of sp³-hybridized carbons (Fsp3) is 0.143. The van der Waals surface area contributed by atoms with E-state index in [9.17, 15) is 9.50 Å². The van der Waals surface area contributed by atoms with E-state index in [4.69, 9.17) is 21.1 Å². The zero-order valence-corrected chi connectivity index (χ0v) is 10.9. The van der Waals surface area contributed by atoms with Crippen molar-refractivity contribution < 1.29 is 19.0 Å². The normalized spacial score (nSPS) is 10.3. The van der Waals surface area contributed by atoms with Crippen LogP contribution in [0.3, 0.4) is 0 Å². The fourth-order valence-electron chi connectivity index (χ4n) is 1.54. The summed E-state index contributed by atoms with van der Waals surface area (Å²) in [7, 11) is 1.42. The summed E-state index contributed by atoms with van der Waals surface area (Å²) >= 11 is 5.78. The minimum absolute atomic E-state index is 0.229. The van der Waals surface area contributed by atoms with E-state index in [0.29, 0.717) is 5.02 Å². The summed E-state index contributed by atoms with van der Waals surface area (Å²) in [5.74, 6) is -0.733. The number of ether oxygens (including phenoxy) is 2. The van der Waals surface area contributed by atoms with E-state index in [1.54, 1.807) is 12.1 Å². The first-order valence-corrected chi connectivity index (χ1v) is 5.91. The number of phenolic OH excluding ortho intramolecular Hbond substituents is 1. The van der Waals surface area contributed by atoms with Gasteiger partial charge in [0.15, 0.2) is 23.1 Å². The molecule has 1 N–H and O–H groups in total. The molecule has 3 nitrogen and oxygen atoms in total. The molecule has 19 heavy (non-hydrogen) atoms. The standard InChI is InChI=1S/C14H12ClFO3/c1-18-13-7-12(17)11(16)6-14(13)19-8-9-2-4-10(15)5-3-9/h2-7,17H,8H2,1H3. The predicted molar refractivity (Wildman–Crippen MR) is 70.4 cm³/mol. The Morgan fingerprint density at radius 1 is 1.16 bits per heavy atom. The van der Waals surface area contributed by atoms with E-state index >= 15 is 0 Å². The van der Waals surface area contributed by atoms with Crippen LogP contribution >= 0.6 is 11.6 Å². The number of aromatic hydroxyl groups is 1. The first-order valence-electron chi connectivity index (χ1n) is 5.54. The molecule has 2 aromatic rings. The van der Waals surface area contributed by atoms with Gasteiger partial charge in [-0.25, -0.2) is 4.39 Å². The lowest BCUT2D eigenvalue weighted by Gasteiger charge is -2.11. The monoisotopic (exact) mass is 282 g/mol. The highest BCUT2D eigenvalue weighted by molar-refractivity contribution is 6.30. The lowest BCUT2D eigenvalue weighted by Crippen LogP contribution is -1.98. The van der Waals surface area contributed by atoms with E-state index < -0.39 is 11.6 Å². The summed E-state index contributed by atoms with van der Waals surface area (Å²) in [5.41, 5.74) is 0.889. The highest BCUT2D eigenvalue weighted by Crippen LogP contribution is 2.33. The number of halogens is 2. The summed E-state index contributed by atoms with van der Waals surface area (Å²) in [6.07, 6.45) is 0. The molecule has 0 aliphatic rings. The van der Waals surface area contributed by atoms with Crippen molar-refractivity contribution in [1.29, 1.82) is 0 Å². The molecule has 0 aromatic heterocycles. The lowest BCUT2D eigenvalue weighted by molar-refractivity contribution is 0.280. The summed E-state index contributed by atoms with van der Waals surface area (Å²) in [4.78, 5) is 0. The summed E-state index contributed by atoms with van der Waals surface area (Å²) < 4.78 is 23.8. The Balaban J connectivity index is 2.14. The third kappa shape index (κ3) is 3.29. The van der Waals surface area contributed by atoms with Crippen LogP contribution in [0.25, 0.3) is 0 Å². The van der Waals surface area contributed by atoms with Gasteiger partial charge in [-0.2, -0.15) is 0 Å². The molecule has 0 radical (unpaired) electrons. The molecular weight excluding hydrogens is 271 g/mol. The number of hydrogen-bond acceptors (Lipinski definition) is 3. The minimum Gasteiger partial charge on any atom is -0.505 e. The van der Waals surface area contributed by atoms with Gasteiger partial charge in [0.1, 0.15) is 6.61 Å². The summed E-state index contributed by atoms with van der Waals surface area (Å²) in [5, 5.41) is 9.88. The molecule has 0 saturated carbocycles. The Labute approximate surface area is 115 Å². The smallest absolute Gasteiger partial charge is 0.168 e. The van der Waals surface area contributed by atoms with E-state index in [-0.39, 0.29) is 18.1 Å². The van der Waals surface area contributed by atoms with Crippen LogP contribution in [0, 0.1) is 5.82 Å². The Kier molecular flexibility index (Phi) is 4.12. The average Bonchev–Trinajstić information content (AvgIpc) is 2.41. The highest BCUT2D eigenvalue weighted by atomic mass is 35.5. The van der Waals surface area contributed by atoms with Crippen LogP contribution in [0.15, 0.2) is 36.4 Å². The maximum atomic E-state index is 13.3. The molecule has 0 fully saturated rings. The van der Waals surface area contributed by atoms with Crippen LogP contribution < -0.4 is 9.47 Å². The first-order chi connectivity index (χ1) is 9.10. The second-order valence-electron chi connectivity index (χ2n) is 3.87. The van der Waals surface area contributed by atoms with Crippen LogP contribution in [0.5, 0.6) is 17.2 Å². The van der Waals surface area contributed by atoms with Crippen molar-refractivity contribution in [3.63, 3.8) is 0 Å². The van der Waals surface area contributed by atoms with Crippen LogP contribution in [0.4, 0.5) is 4.39 Å². The molecule has 0 bridgehead atoms. The topological polar surface area (TPSA) is 38.7 Å². The predicted octanol–water partition coefficient (Wildman–Crippen LogP) is 3.77. The zero-order valence-electron chi connectivity index (χ0n) is 10.2. The summed E-state index contributed by atoms with van der Waals surface area (Å²) in [6, 6.07) is 9.37. The molecule has 100 valence electrons. The van der Waals surface area contributed by atoms with Gasteiger partial charge < -0.3 is 14.6 Å². The van der Waals surface area contributed by atoms with Crippen molar-refractivity contribution in [3.05, 3.63) is 52.8 Å². The Hall–Kier alpha value is -1.94. The minimum atomic E-state index is -0.757. The van der Waals surface area contributed by atoms with Crippen LogP contribution in [-0.2, 0) is 6.61 Å². The van der Waals surface area contributed by atoms with E-state index in [2.05, 4.69) is 0 Å². The third-order valence-electron chi connectivity index (χ3n) is 2.54. The number of methoxy groups -OCH3 is 1. The van der Waals surface area contributed by atoms with Crippen LogP contribution in [0.2, 0.25) is 5.02 Å². The highest BCUT2D eigenvalue weighted by Gasteiger charge is 2.11. The van der Waals surface area contributed by atoms with E-state index in [1.165, 1.54) is 13.2 Å². The number of hydrogen-bond donors (Lipinski definition) is 1. The van der Waals surface area contributed by atoms with Gasteiger partial charge in [0.05, 0.1) is 7.11 Å². The first kappa shape index (κ1) is 13.5. The third-order valence-corrected chi connectivity index (χ3v) is 2.79. The molecule has 0 aliphatic heterocycles. The largest absolute Gasteiger partial charge is 0.505 e. The van der Waals surface area contributed by atoms with Crippen LogP contribution in [-0.4, -0.2) is 12.2 Å². The molecule has 2 aromatic carbocycles. The summed E-state index contributed by atoms with van der Waals surface area (Å²) in [6.45, 7) is 0.248. The van der Waals surface area contributed by atoms with Crippen molar-refractivity contribution in [2.75, 3.05) is 7.11 Å². The average molecular weight is 283 g/mol. The zero-order chi connectivity index (χ0) is 13.8. The molecule has 0 unspecified atom stereocenters. The maximum absolute atomic E-state index is 13.3. The van der Waals surface area contributed by atoms with Gasteiger partial charge in [-0.3, -0.25) is 0 Å².